The summed E-state index contributed by atoms with van der Waals surface area (Å²) in [6.07, 6.45) is 0. The average Bonchev–Trinajstić information content (AvgIpc) is 2.92. The zero-order valence-electron chi connectivity index (χ0n) is 18.3. The first-order chi connectivity index (χ1) is 16.8. The van der Waals surface area contributed by atoms with Crippen molar-refractivity contribution in [1.82, 2.24) is 0 Å². The van der Waals surface area contributed by atoms with E-state index >= 15 is 0 Å². The van der Waals surface area contributed by atoms with E-state index in [1.807, 2.05) is 0 Å². The molecule has 172 valence electrons. The highest BCUT2D eigenvalue weighted by Crippen LogP contribution is 2.23. The van der Waals surface area contributed by atoms with Crippen molar-refractivity contribution in [2.24, 2.45) is 0 Å². The number of sulfone groups is 1. The maximum atomic E-state index is 13.0. The largest absolute Gasteiger partial charge is 0.285 e. The second-order valence-corrected chi connectivity index (χ2v) is 9.55. The zero-order valence-corrected chi connectivity index (χ0v) is 19.1. The fourth-order valence-corrected chi connectivity index (χ4v) is 4.67. The monoisotopic (exact) mass is 482 g/mol. The quantitative estimate of drug-likeness (QED) is 0.268. The molecular formula is C28H18O6S. The molecule has 0 saturated heterocycles. The molecule has 0 saturated carbocycles. The molecule has 4 aromatic carbocycles. The second-order valence-electron chi connectivity index (χ2n) is 7.60. The molecule has 0 N–H and O–H groups in total. The van der Waals surface area contributed by atoms with Crippen LogP contribution in [0.1, 0.15) is 41.4 Å². The lowest BCUT2D eigenvalue weighted by atomic mass is 10.0. The summed E-state index contributed by atoms with van der Waals surface area (Å²) in [7, 11) is -3.96. The molecule has 0 aromatic heterocycles. The number of carbonyl (C=O) groups excluding carboxylic acids is 4. The summed E-state index contributed by atoms with van der Waals surface area (Å²) in [5.41, 5.74) is 0.625. The van der Waals surface area contributed by atoms with Gasteiger partial charge in [0.1, 0.15) is 0 Å². The van der Waals surface area contributed by atoms with Gasteiger partial charge in [0.05, 0.1) is 9.79 Å². The van der Waals surface area contributed by atoms with Crippen molar-refractivity contribution in [3.63, 3.8) is 0 Å². The number of rotatable bonds is 8. The van der Waals surface area contributed by atoms with Gasteiger partial charge >= 0.3 is 0 Å². The lowest BCUT2D eigenvalue weighted by molar-refractivity contribution is 0.0817. The molecule has 6 nitrogen and oxygen atoms in total. The van der Waals surface area contributed by atoms with Gasteiger partial charge in [-0.15, -0.1) is 0 Å². The Bertz CT molecular complexity index is 1410. The average molecular weight is 483 g/mol. The molecule has 0 bridgehead atoms. The predicted molar refractivity (Wildman–Crippen MR) is 129 cm³/mol. The van der Waals surface area contributed by atoms with Crippen LogP contribution in [0.4, 0.5) is 0 Å². The first-order valence-electron chi connectivity index (χ1n) is 10.5. The van der Waals surface area contributed by atoms with E-state index in [9.17, 15) is 27.6 Å². The van der Waals surface area contributed by atoms with Gasteiger partial charge < -0.3 is 0 Å². The Balaban J connectivity index is 1.52. The number of ketones is 4. The second kappa shape index (κ2) is 9.79. The van der Waals surface area contributed by atoms with Crippen molar-refractivity contribution in [3.8, 4) is 0 Å². The summed E-state index contributed by atoms with van der Waals surface area (Å²) < 4.78 is 26.0. The van der Waals surface area contributed by atoms with Crippen molar-refractivity contribution in [3.05, 3.63) is 131 Å². The summed E-state index contributed by atoms with van der Waals surface area (Å²) in [6, 6.07) is 26.3. The Kier molecular flexibility index (Phi) is 6.62. The fraction of sp³-hybridized carbons (Fsp3) is 0. The Hall–Kier alpha value is -4.49. The van der Waals surface area contributed by atoms with E-state index < -0.39 is 33.0 Å². The van der Waals surface area contributed by atoms with Crippen LogP contribution in [0.25, 0.3) is 0 Å². The Morgan fingerprint density at radius 1 is 0.371 bits per heavy atom. The number of benzene rings is 4. The third-order valence-electron chi connectivity index (χ3n) is 5.34. The SMILES string of the molecule is O=C(C(=O)c1ccc(S(=O)(=O)c2ccc(C(=O)C(=O)c3ccccc3)cc2)cc1)c1ccccc1. The van der Waals surface area contributed by atoms with Crippen molar-refractivity contribution in [2.45, 2.75) is 9.79 Å². The van der Waals surface area contributed by atoms with Crippen molar-refractivity contribution < 1.29 is 27.6 Å². The van der Waals surface area contributed by atoms with E-state index in [0.29, 0.717) is 0 Å². The van der Waals surface area contributed by atoms with Crippen molar-refractivity contribution >= 4 is 33.0 Å². The first-order valence-corrected chi connectivity index (χ1v) is 12.0. The van der Waals surface area contributed by atoms with E-state index in [4.69, 9.17) is 0 Å². The van der Waals surface area contributed by atoms with Crippen LogP contribution in [0, 0.1) is 0 Å². The number of hydrogen-bond donors (Lipinski definition) is 0. The topological polar surface area (TPSA) is 102 Å². The molecule has 4 rings (SSSR count). The van der Waals surface area contributed by atoms with Crippen LogP contribution in [-0.2, 0) is 9.84 Å². The molecule has 0 aliphatic heterocycles. The highest BCUT2D eigenvalue weighted by molar-refractivity contribution is 7.91. The van der Waals surface area contributed by atoms with Gasteiger partial charge in [0.2, 0.25) is 33.0 Å². The van der Waals surface area contributed by atoms with Crippen molar-refractivity contribution in [2.75, 3.05) is 0 Å². The van der Waals surface area contributed by atoms with E-state index in [1.54, 1.807) is 36.4 Å². The van der Waals surface area contributed by atoms with Crippen LogP contribution < -0.4 is 0 Å². The minimum Gasteiger partial charge on any atom is -0.285 e. The van der Waals surface area contributed by atoms with Gasteiger partial charge in [-0.25, -0.2) is 8.42 Å². The molecule has 4 aromatic rings. The van der Waals surface area contributed by atoms with E-state index in [0.717, 1.165) is 0 Å². The molecule has 0 atom stereocenters. The third-order valence-corrected chi connectivity index (χ3v) is 7.12. The van der Waals surface area contributed by atoms with Crippen LogP contribution >= 0.6 is 0 Å². The highest BCUT2D eigenvalue weighted by atomic mass is 32.2. The van der Waals surface area contributed by atoms with Gasteiger partial charge in [-0.1, -0.05) is 60.7 Å². The molecule has 0 radical (unpaired) electrons. The van der Waals surface area contributed by atoms with Crippen LogP contribution in [0.3, 0.4) is 0 Å². The van der Waals surface area contributed by atoms with Gasteiger partial charge in [-0.2, -0.15) is 0 Å². The molecule has 0 unspecified atom stereocenters. The van der Waals surface area contributed by atoms with Crippen LogP contribution in [-0.4, -0.2) is 31.6 Å². The summed E-state index contributed by atoms with van der Waals surface area (Å²) in [4.78, 5) is 49.5. The Labute approximate surface area is 201 Å². The van der Waals surface area contributed by atoms with E-state index in [1.165, 1.54) is 72.8 Å². The molecule has 0 aliphatic rings. The molecule has 7 heteroatoms. The maximum absolute atomic E-state index is 13.0. The summed E-state index contributed by atoms with van der Waals surface area (Å²) in [5, 5.41) is 0. The summed E-state index contributed by atoms with van der Waals surface area (Å²) in [5.74, 6) is -2.87. The van der Waals surface area contributed by atoms with Crippen LogP contribution in [0.15, 0.2) is 119 Å². The number of hydrogen-bond acceptors (Lipinski definition) is 6. The molecule has 0 fully saturated rings. The van der Waals surface area contributed by atoms with Crippen LogP contribution in [0.5, 0.6) is 0 Å². The molecule has 35 heavy (non-hydrogen) atoms. The minimum atomic E-state index is -3.96. The normalized spacial score (nSPS) is 11.0. The Morgan fingerprint density at radius 3 is 0.914 bits per heavy atom. The standard InChI is InChI=1S/C28H18O6S/c29-25(19-7-3-1-4-8-19)27(31)21-11-15-23(16-12-21)35(33,34)24-17-13-22(14-18-24)28(32)26(30)20-9-5-2-6-10-20/h1-18H. The smallest absolute Gasteiger partial charge is 0.233 e. The van der Waals surface area contributed by atoms with Gasteiger partial charge in [-0.05, 0) is 48.5 Å². The lowest BCUT2D eigenvalue weighted by Gasteiger charge is -2.07. The van der Waals surface area contributed by atoms with Crippen molar-refractivity contribution in [1.29, 1.82) is 0 Å². The van der Waals surface area contributed by atoms with E-state index in [2.05, 4.69) is 0 Å². The van der Waals surface area contributed by atoms with Gasteiger partial charge in [0, 0.05) is 22.3 Å². The molecule has 0 aliphatic carbocycles. The van der Waals surface area contributed by atoms with E-state index in [-0.39, 0.29) is 32.0 Å². The molecular weight excluding hydrogens is 464 g/mol. The van der Waals surface area contributed by atoms with Crippen LogP contribution in [0.2, 0.25) is 0 Å². The molecule has 0 amide bonds. The summed E-state index contributed by atoms with van der Waals surface area (Å²) >= 11 is 0. The zero-order chi connectivity index (χ0) is 25.0. The fourth-order valence-electron chi connectivity index (χ4n) is 3.41. The number of carbonyl (C=O) groups is 4. The third kappa shape index (κ3) is 4.90. The maximum Gasteiger partial charge on any atom is 0.233 e. The summed E-state index contributed by atoms with van der Waals surface area (Å²) in [6.45, 7) is 0. The molecule has 0 heterocycles. The minimum absolute atomic E-state index is 0.0678. The van der Waals surface area contributed by atoms with Gasteiger partial charge in [0.25, 0.3) is 0 Å². The number of Topliss-reactive ketones (excluding diaryl/α,β-unsaturated/α-hetero) is 4. The molecule has 0 spiro atoms. The van der Waals surface area contributed by atoms with Gasteiger partial charge in [0.15, 0.2) is 0 Å². The Morgan fingerprint density at radius 2 is 0.629 bits per heavy atom. The van der Waals surface area contributed by atoms with Gasteiger partial charge in [-0.3, -0.25) is 19.2 Å². The first kappa shape index (κ1) is 23.7. The highest BCUT2D eigenvalue weighted by Gasteiger charge is 2.23. The lowest BCUT2D eigenvalue weighted by Crippen LogP contribution is -2.15. The predicted octanol–water partition coefficient (Wildman–Crippen LogP) is 4.65.